The first-order valence-electron chi connectivity index (χ1n) is 6.87. The summed E-state index contributed by atoms with van der Waals surface area (Å²) in [5.74, 6) is 2.45. The van der Waals surface area contributed by atoms with Crippen LogP contribution in [-0.4, -0.2) is 19.2 Å². The molecule has 0 aromatic heterocycles. The monoisotopic (exact) mass is 265 g/mol. The molecular weight excluding hydrogens is 246 g/mol. The molecule has 3 heteroatoms. The van der Waals surface area contributed by atoms with Crippen LogP contribution in [0.3, 0.4) is 0 Å². The van der Waals surface area contributed by atoms with E-state index < -0.39 is 0 Å². The van der Waals surface area contributed by atoms with E-state index in [-0.39, 0.29) is 0 Å². The Balaban J connectivity index is 1.75. The van der Waals surface area contributed by atoms with E-state index in [0.717, 1.165) is 35.3 Å². The summed E-state index contributed by atoms with van der Waals surface area (Å²) in [5, 5.41) is 4.23. The average Bonchev–Trinajstić information content (AvgIpc) is 3.03. The maximum absolute atomic E-state index is 6.31. The summed E-state index contributed by atoms with van der Waals surface area (Å²) in [7, 11) is 0. The van der Waals surface area contributed by atoms with Crippen molar-refractivity contribution in [1.29, 1.82) is 0 Å². The Bertz CT molecular complexity index is 425. The SMILES string of the molecule is Cc1cc(Cl)ccc1O[C@H](C1CC1)[C@H]1CCNC1. The van der Waals surface area contributed by atoms with Crippen LogP contribution in [-0.2, 0) is 0 Å². The number of benzene rings is 1. The minimum Gasteiger partial charge on any atom is -0.490 e. The first-order chi connectivity index (χ1) is 8.74. The zero-order valence-corrected chi connectivity index (χ0v) is 11.5. The second kappa shape index (κ2) is 5.10. The van der Waals surface area contributed by atoms with Gasteiger partial charge in [0.05, 0.1) is 0 Å². The smallest absolute Gasteiger partial charge is 0.122 e. The second-order valence-corrected chi connectivity index (χ2v) is 6.02. The third-order valence-electron chi connectivity index (χ3n) is 4.05. The lowest BCUT2D eigenvalue weighted by atomic mass is 9.97. The highest BCUT2D eigenvalue weighted by Gasteiger charge is 2.39. The van der Waals surface area contributed by atoms with Crippen molar-refractivity contribution in [3.05, 3.63) is 28.8 Å². The number of halogens is 1. The van der Waals surface area contributed by atoms with Crippen LogP contribution < -0.4 is 10.1 Å². The molecule has 1 aromatic rings. The van der Waals surface area contributed by atoms with Crippen molar-refractivity contribution >= 4 is 11.6 Å². The molecular formula is C15H20ClNO. The molecule has 2 nitrogen and oxygen atoms in total. The number of aryl methyl sites for hydroxylation is 1. The predicted octanol–water partition coefficient (Wildman–Crippen LogP) is 3.42. The first kappa shape index (κ1) is 12.3. The molecule has 0 radical (unpaired) electrons. The molecule has 1 saturated carbocycles. The van der Waals surface area contributed by atoms with E-state index in [1.54, 1.807) is 0 Å². The van der Waals surface area contributed by atoms with Gasteiger partial charge in [-0.25, -0.2) is 0 Å². The first-order valence-corrected chi connectivity index (χ1v) is 7.25. The lowest BCUT2D eigenvalue weighted by Crippen LogP contribution is -2.31. The van der Waals surface area contributed by atoms with Gasteiger partial charge < -0.3 is 10.1 Å². The van der Waals surface area contributed by atoms with Crippen molar-refractivity contribution in [3.8, 4) is 5.75 Å². The Labute approximate surface area is 114 Å². The van der Waals surface area contributed by atoms with Gasteiger partial charge in [-0.2, -0.15) is 0 Å². The van der Waals surface area contributed by atoms with Gasteiger partial charge in [0.25, 0.3) is 0 Å². The Morgan fingerprint density at radius 2 is 2.11 bits per heavy atom. The highest BCUT2D eigenvalue weighted by atomic mass is 35.5. The number of ether oxygens (including phenoxy) is 1. The lowest BCUT2D eigenvalue weighted by Gasteiger charge is -2.25. The van der Waals surface area contributed by atoms with Gasteiger partial charge in [-0.15, -0.1) is 0 Å². The van der Waals surface area contributed by atoms with Crippen molar-refractivity contribution in [2.24, 2.45) is 11.8 Å². The Morgan fingerprint density at radius 1 is 1.28 bits per heavy atom. The molecule has 1 aliphatic heterocycles. The van der Waals surface area contributed by atoms with Gasteiger partial charge >= 0.3 is 0 Å². The molecule has 1 heterocycles. The minimum absolute atomic E-state index is 0.389. The summed E-state index contributed by atoms with van der Waals surface area (Å²) in [4.78, 5) is 0. The van der Waals surface area contributed by atoms with Crippen LogP contribution in [0.2, 0.25) is 5.02 Å². The summed E-state index contributed by atoms with van der Waals surface area (Å²) >= 11 is 5.99. The van der Waals surface area contributed by atoms with Gasteiger partial charge in [0.15, 0.2) is 0 Å². The molecule has 98 valence electrons. The molecule has 1 aliphatic carbocycles. The van der Waals surface area contributed by atoms with E-state index in [1.165, 1.54) is 19.3 Å². The number of hydrogen-bond donors (Lipinski definition) is 1. The van der Waals surface area contributed by atoms with E-state index in [9.17, 15) is 0 Å². The molecule has 18 heavy (non-hydrogen) atoms. The molecule has 1 saturated heterocycles. The molecule has 3 rings (SSSR count). The molecule has 2 fully saturated rings. The molecule has 0 unspecified atom stereocenters. The summed E-state index contributed by atoms with van der Waals surface area (Å²) in [5.41, 5.74) is 1.14. The molecule has 1 N–H and O–H groups in total. The van der Waals surface area contributed by atoms with Crippen LogP contribution in [0.15, 0.2) is 18.2 Å². The van der Waals surface area contributed by atoms with E-state index in [0.29, 0.717) is 12.0 Å². The zero-order valence-electron chi connectivity index (χ0n) is 10.8. The zero-order chi connectivity index (χ0) is 12.5. The van der Waals surface area contributed by atoms with Crippen LogP contribution >= 0.6 is 11.6 Å². The fraction of sp³-hybridized carbons (Fsp3) is 0.600. The van der Waals surface area contributed by atoms with Gasteiger partial charge in [-0.1, -0.05) is 11.6 Å². The summed E-state index contributed by atoms with van der Waals surface area (Å²) in [6, 6.07) is 5.91. The van der Waals surface area contributed by atoms with Gasteiger partial charge in [0, 0.05) is 17.5 Å². The van der Waals surface area contributed by atoms with Crippen LogP contribution in [0.5, 0.6) is 5.75 Å². The molecule has 0 bridgehead atoms. The van der Waals surface area contributed by atoms with Crippen molar-refractivity contribution in [1.82, 2.24) is 5.32 Å². The Morgan fingerprint density at radius 3 is 2.72 bits per heavy atom. The number of nitrogens with one attached hydrogen (secondary N) is 1. The molecule has 2 atom stereocenters. The number of rotatable bonds is 4. The summed E-state index contributed by atoms with van der Waals surface area (Å²) in [6.45, 7) is 4.31. The van der Waals surface area contributed by atoms with Crippen molar-refractivity contribution < 1.29 is 4.74 Å². The highest BCUT2D eigenvalue weighted by Crippen LogP contribution is 2.40. The van der Waals surface area contributed by atoms with Crippen LogP contribution in [0.1, 0.15) is 24.8 Å². The largest absolute Gasteiger partial charge is 0.490 e. The fourth-order valence-corrected chi connectivity index (χ4v) is 3.08. The van der Waals surface area contributed by atoms with Gasteiger partial charge in [0.2, 0.25) is 0 Å². The quantitative estimate of drug-likeness (QED) is 0.901. The Hall–Kier alpha value is -0.730. The standard InChI is InChI=1S/C15H20ClNO/c1-10-8-13(16)4-5-14(10)18-15(11-2-3-11)12-6-7-17-9-12/h4-5,8,11-12,15,17H,2-3,6-7,9H2,1H3/t12-,15+/m0/s1. The highest BCUT2D eigenvalue weighted by molar-refractivity contribution is 6.30. The fourth-order valence-electron chi connectivity index (χ4n) is 2.85. The maximum Gasteiger partial charge on any atom is 0.122 e. The van der Waals surface area contributed by atoms with E-state index in [4.69, 9.17) is 16.3 Å². The summed E-state index contributed by atoms with van der Waals surface area (Å²) < 4.78 is 6.31. The summed E-state index contributed by atoms with van der Waals surface area (Å²) in [6.07, 6.45) is 4.29. The van der Waals surface area contributed by atoms with E-state index in [1.807, 2.05) is 18.2 Å². The molecule has 1 aromatic carbocycles. The third-order valence-corrected chi connectivity index (χ3v) is 4.28. The molecule has 2 aliphatic rings. The topological polar surface area (TPSA) is 21.3 Å². The van der Waals surface area contributed by atoms with Crippen molar-refractivity contribution in [2.45, 2.75) is 32.3 Å². The number of hydrogen-bond acceptors (Lipinski definition) is 2. The van der Waals surface area contributed by atoms with Crippen LogP contribution in [0.25, 0.3) is 0 Å². The molecule has 0 spiro atoms. The minimum atomic E-state index is 0.389. The van der Waals surface area contributed by atoms with Crippen molar-refractivity contribution in [2.75, 3.05) is 13.1 Å². The van der Waals surface area contributed by atoms with Crippen LogP contribution in [0.4, 0.5) is 0 Å². The van der Waals surface area contributed by atoms with Crippen molar-refractivity contribution in [3.63, 3.8) is 0 Å². The van der Waals surface area contributed by atoms with Gasteiger partial charge in [-0.05, 0) is 62.4 Å². The van der Waals surface area contributed by atoms with Gasteiger partial charge in [0.1, 0.15) is 11.9 Å². The average molecular weight is 266 g/mol. The molecule has 0 amide bonds. The second-order valence-electron chi connectivity index (χ2n) is 5.58. The third kappa shape index (κ3) is 2.65. The predicted molar refractivity (Wildman–Crippen MR) is 74.3 cm³/mol. The van der Waals surface area contributed by atoms with Crippen LogP contribution in [0, 0.1) is 18.8 Å². The Kier molecular flexibility index (Phi) is 3.49. The van der Waals surface area contributed by atoms with E-state index in [2.05, 4.69) is 12.2 Å². The van der Waals surface area contributed by atoms with E-state index >= 15 is 0 Å². The maximum atomic E-state index is 6.31. The lowest BCUT2D eigenvalue weighted by molar-refractivity contribution is 0.120. The van der Waals surface area contributed by atoms with Gasteiger partial charge in [-0.3, -0.25) is 0 Å². The normalized spacial score (nSPS) is 25.1.